The van der Waals surface area contributed by atoms with Gasteiger partial charge in [-0.2, -0.15) is 27.0 Å². The van der Waals surface area contributed by atoms with Crippen LogP contribution in [0.15, 0.2) is 48.4 Å². The fourth-order valence-corrected chi connectivity index (χ4v) is 16.2. The summed E-state index contributed by atoms with van der Waals surface area (Å²) < 4.78 is 53.6. The number of isocyanates is 1. The predicted molar refractivity (Wildman–Crippen MR) is 282 cm³/mol. The summed E-state index contributed by atoms with van der Waals surface area (Å²) in [4.78, 5) is 85.0. The largest absolute Gasteiger partial charge is 0.363 e. The zero-order valence-corrected chi connectivity index (χ0v) is 48.2. The molecule has 0 bridgehead atoms. The molecule has 1 saturated heterocycles. The number of thiophene rings is 2. The molecule has 19 heteroatoms. The molecule has 2 unspecified atom stereocenters. The summed E-state index contributed by atoms with van der Waals surface area (Å²) in [5.74, 6) is -3.81. The van der Waals surface area contributed by atoms with Crippen LogP contribution in [0, 0.1) is 56.2 Å². The van der Waals surface area contributed by atoms with Crippen LogP contribution in [-0.4, -0.2) is 111 Å². The molecule has 4 aliphatic rings. The Morgan fingerprint density at radius 3 is 1.72 bits per heavy atom. The van der Waals surface area contributed by atoms with E-state index in [1.54, 1.807) is 45.6 Å². The summed E-state index contributed by atoms with van der Waals surface area (Å²) >= 11 is 2.64. The second-order valence-corrected chi connectivity index (χ2v) is 30.6. The van der Waals surface area contributed by atoms with Gasteiger partial charge in [0.05, 0.1) is 21.9 Å². The Bertz CT molecular complexity index is 2560. The molecular formula is C53H81N5O10S4. The van der Waals surface area contributed by atoms with E-state index in [1.165, 1.54) is 44.4 Å². The lowest BCUT2D eigenvalue weighted by Crippen LogP contribution is -2.48. The third-order valence-electron chi connectivity index (χ3n) is 17.4. The number of aliphatic imine (C=N–C) groups is 1. The maximum Gasteiger partial charge on any atom is 0.285 e. The molecule has 3 saturated carbocycles. The van der Waals surface area contributed by atoms with Gasteiger partial charge in [0, 0.05) is 81.0 Å². The molecule has 3 aliphatic carbocycles. The summed E-state index contributed by atoms with van der Waals surface area (Å²) in [5, 5.41) is 6.62. The van der Waals surface area contributed by atoms with E-state index >= 15 is 0 Å². The molecule has 2 aromatic heterocycles. The number of sulfonamides is 2. The van der Waals surface area contributed by atoms with Gasteiger partial charge in [-0.25, -0.2) is 30.9 Å². The van der Waals surface area contributed by atoms with Crippen LogP contribution in [0.3, 0.4) is 0 Å². The maximum absolute atomic E-state index is 15.0. The number of likely N-dealkylation sites (N-methyl/N-ethyl adjacent to an activating group) is 1. The number of hydrogen-bond donors (Lipinski definition) is 1. The van der Waals surface area contributed by atoms with Gasteiger partial charge in [0.1, 0.15) is 5.78 Å². The fourth-order valence-electron chi connectivity index (χ4n) is 11.8. The smallest absolute Gasteiger partial charge is 0.285 e. The molecule has 0 radical (unpaired) electrons. The fraction of sp³-hybridized carbons (Fsp3) is 0.736. The van der Waals surface area contributed by atoms with E-state index < -0.39 is 66.5 Å². The third-order valence-corrected chi connectivity index (χ3v) is 22.7. The molecule has 6 rings (SSSR count). The highest BCUT2D eigenvalue weighted by Gasteiger charge is 2.85. The second-order valence-electron chi connectivity index (χ2n) is 25.0. The SMILES string of the molecule is CN(C[C@@H](CC(=O)C[C@H](C(=O)N1CC2(C[C@H]1C(=O)CC(CC1CCC1)C(=O)C(N)=O)C(C)(C)C21CCC1)C(C)(C)C)C(C)(C)C)S(=O)(=O)c1ccsc1.CN(C[C@@H](N=C=O)C(C)(C)C)S(=O)(=O)c1ccsc1. The van der Waals surface area contributed by atoms with Crippen molar-refractivity contribution in [2.45, 2.75) is 169 Å². The van der Waals surface area contributed by atoms with Crippen molar-refractivity contribution in [3.05, 3.63) is 33.7 Å². The minimum Gasteiger partial charge on any atom is -0.363 e. The number of likely N-dealkylation sites (tertiary alicyclic amines) is 1. The zero-order valence-electron chi connectivity index (χ0n) is 44.9. The Morgan fingerprint density at radius 1 is 0.792 bits per heavy atom. The second kappa shape index (κ2) is 22.0. The van der Waals surface area contributed by atoms with Crippen LogP contribution in [-0.2, 0) is 48.8 Å². The van der Waals surface area contributed by atoms with Crippen molar-refractivity contribution < 1.29 is 45.6 Å². The summed E-state index contributed by atoms with van der Waals surface area (Å²) in [6.45, 7) is 22.8. The lowest BCUT2D eigenvalue weighted by atomic mass is 9.73. The van der Waals surface area contributed by atoms with Crippen molar-refractivity contribution in [1.29, 1.82) is 0 Å². The summed E-state index contributed by atoms with van der Waals surface area (Å²) in [5.41, 5.74) is 3.90. The molecule has 2 amide bonds. The van der Waals surface area contributed by atoms with Gasteiger partial charge in [0.2, 0.25) is 37.8 Å². The van der Waals surface area contributed by atoms with E-state index in [1.807, 2.05) is 62.3 Å². The Morgan fingerprint density at radius 2 is 1.33 bits per heavy atom. The number of hydrogen-bond acceptors (Lipinski definition) is 13. The van der Waals surface area contributed by atoms with Crippen molar-refractivity contribution in [1.82, 2.24) is 13.5 Å². The molecule has 2 spiro atoms. The van der Waals surface area contributed by atoms with E-state index in [2.05, 4.69) is 18.8 Å². The molecule has 3 heterocycles. The normalized spacial score (nSPS) is 22.5. The van der Waals surface area contributed by atoms with Gasteiger partial charge in [-0.15, -0.1) is 0 Å². The molecule has 4 fully saturated rings. The summed E-state index contributed by atoms with van der Waals surface area (Å²) in [7, 11) is -4.21. The number of primary amides is 1. The van der Waals surface area contributed by atoms with Gasteiger partial charge < -0.3 is 10.6 Å². The number of ketones is 3. The Hall–Kier alpha value is -3.45. The number of nitrogens with zero attached hydrogens (tertiary/aromatic N) is 4. The molecular weight excluding hydrogens is 995 g/mol. The van der Waals surface area contributed by atoms with Crippen molar-refractivity contribution in [2.24, 2.45) is 66.9 Å². The number of carbonyl (C=O) groups is 5. The minimum atomic E-state index is -3.72. The van der Waals surface area contributed by atoms with Gasteiger partial charge in [-0.05, 0) is 87.5 Å². The van der Waals surface area contributed by atoms with Crippen LogP contribution < -0.4 is 5.73 Å². The molecule has 2 N–H and O–H groups in total. The first-order chi connectivity index (χ1) is 33.1. The number of amides is 2. The van der Waals surface area contributed by atoms with Gasteiger partial charge in [0.25, 0.3) is 5.91 Å². The van der Waals surface area contributed by atoms with Crippen molar-refractivity contribution in [3.63, 3.8) is 0 Å². The number of rotatable bonds is 21. The van der Waals surface area contributed by atoms with Crippen molar-refractivity contribution in [2.75, 3.05) is 33.7 Å². The summed E-state index contributed by atoms with van der Waals surface area (Å²) in [6.07, 6.45) is 8.66. The molecule has 2 aromatic rings. The maximum atomic E-state index is 15.0. The number of nitrogens with two attached hydrogens (primary N) is 1. The highest BCUT2D eigenvalue weighted by Crippen LogP contribution is 2.88. The first-order valence-corrected chi connectivity index (χ1v) is 30.1. The van der Waals surface area contributed by atoms with E-state index in [0.29, 0.717) is 19.4 Å². The van der Waals surface area contributed by atoms with E-state index in [0.717, 1.165) is 38.5 Å². The summed E-state index contributed by atoms with van der Waals surface area (Å²) in [6, 6.07) is 1.96. The molecule has 15 nitrogen and oxygen atoms in total. The lowest BCUT2D eigenvalue weighted by molar-refractivity contribution is -0.147. The first kappa shape index (κ1) is 59.4. The predicted octanol–water partition coefficient (Wildman–Crippen LogP) is 8.78. The van der Waals surface area contributed by atoms with Gasteiger partial charge in [-0.1, -0.05) is 102 Å². The molecule has 6 atom stereocenters. The number of fused-ring (bicyclic) bond motifs is 1. The first-order valence-electron chi connectivity index (χ1n) is 25.3. The van der Waals surface area contributed by atoms with Gasteiger partial charge in [-0.3, -0.25) is 24.0 Å². The quantitative estimate of drug-likeness (QED) is 0.0712. The molecule has 402 valence electrons. The average Bonchev–Trinajstić information content (AvgIpc) is 3.94. The van der Waals surface area contributed by atoms with Crippen LogP contribution >= 0.6 is 22.7 Å². The highest BCUT2D eigenvalue weighted by molar-refractivity contribution is 7.89. The van der Waals surface area contributed by atoms with E-state index in [9.17, 15) is 45.6 Å². The molecule has 72 heavy (non-hydrogen) atoms. The third kappa shape index (κ3) is 12.3. The monoisotopic (exact) mass is 1080 g/mol. The molecule has 0 aromatic carbocycles. The Kier molecular flexibility index (Phi) is 18.2. The van der Waals surface area contributed by atoms with Crippen LogP contribution in [0.5, 0.6) is 0 Å². The van der Waals surface area contributed by atoms with E-state index in [-0.39, 0.29) is 93.1 Å². The van der Waals surface area contributed by atoms with Crippen LogP contribution in [0.4, 0.5) is 0 Å². The van der Waals surface area contributed by atoms with Crippen molar-refractivity contribution >= 4 is 78.0 Å². The lowest BCUT2D eigenvalue weighted by Gasteiger charge is -2.37. The van der Waals surface area contributed by atoms with Crippen LogP contribution in [0.2, 0.25) is 0 Å². The van der Waals surface area contributed by atoms with Gasteiger partial charge >= 0.3 is 0 Å². The highest BCUT2D eigenvalue weighted by atomic mass is 32.2. The number of Topliss-reactive ketones (excluding diaryl/α,β-unsaturated/α-hetero) is 3. The van der Waals surface area contributed by atoms with Crippen molar-refractivity contribution in [3.8, 4) is 0 Å². The average molecular weight is 1080 g/mol. The van der Waals surface area contributed by atoms with Crippen LogP contribution in [0.1, 0.15) is 147 Å². The van der Waals surface area contributed by atoms with Crippen LogP contribution in [0.25, 0.3) is 0 Å². The van der Waals surface area contributed by atoms with E-state index in [4.69, 9.17) is 5.73 Å². The minimum absolute atomic E-state index is 0.0285. The Balaban J connectivity index is 0.000000425. The van der Waals surface area contributed by atoms with Gasteiger partial charge in [0.15, 0.2) is 5.78 Å². The Labute approximate surface area is 437 Å². The standard InChI is InChI=1S/C41H63N3O7S2.C12H18N2O3S2/c1-37(2,3)28(23-43(9)53(50,51)30-14-17-52-24-30)20-29(45)21-31(38(4,5)6)36(49)44-25-41(39(7,8)40(41)15-11-16-40)22-32(44)33(46)19-27(34(47)35(42)48)18-26-12-10-13-26;1-12(2,3)11(13-9-15)7-14(4)19(16,17)10-5-6-18-8-10/h14,17,24,26-28,31-32H,10-13,15-16,18-23,25H2,1-9H3,(H2,42,48);5-6,8,11H,7H2,1-4H3/t27?,28-,31-,32+,41?;11-/m11/s1. The molecule has 1 aliphatic heterocycles. The topological polar surface area (TPSA) is 219 Å². The zero-order chi connectivity index (χ0) is 54.2. The number of carbonyl (C=O) groups excluding carboxylic acids is 6.